The van der Waals surface area contributed by atoms with Gasteiger partial charge in [0.15, 0.2) is 0 Å². The van der Waals surface area contributed by atoms with Crippen LogP contribution in [0.3, 0.4) is 0 Å². The molecule has 0 radical (unpaired) electrons. The van der Waals surface area contributed by atoms with E-state index in [9.17, 15) is 9.59 Å². The fourth-order valence-electron chi connectivity index (χ4n) is 2.85. The zero-order chi connectivity index (χ0) is 13.1. The summed E-state index contributed by atoms with van der Waals surface area (Å²) in [4.78, 5) is 21.8. The molecule has 1 saturated carbocycles. The minimum Gasteiger partial charge on any atom is -0.478 e. The van der Waals surface area contributed by atoms with Gasteiger partial charge < -0.3 is 10.4 Å². The molecular weight excluding hydrogens is 218 g/mol. The van der Waals surface area contributed by atoms with Gasteiger partial charge in [-0.05, 0) is 30.6 Å². The average Bonchev–Trinajstić information content (AvgIpc) is 2.11. The molecule has 0 aliphatic heterocycles. The van der Waals surface area contributed by atoms with Gasteiger partial charge in [0, 0.05) is 18.2 Å². The molecule has 0 saturated heterocycles. The molecule has 0 aromatic heterocycles. The van der Waals surface area contributed by atoms with Crippen molar-refractivity contribution in [1.29, 1.82) is 0 Å². The number of amides is 1. The van der Waals surface area contributed by atoms with Crippen molar-refractivity contribution in [3.05, 3.63) is 12.2 Å². The van der Waals surface area contributed by atoms with Crippen LogP contribution in [0.5, 0.6) is 0 Å². The van der Waals surface area contributed by atoms with Gasteiger partial charge in [-0.15, -0.1) is 0 Å². The largest absolute Gasteiger partial charge is 0.478 e. The monoisotopic (exact) mass is 239 g/mol. The molecule has 2 unspecified atom stereocenters. The molecule has 4 heteroatoms. The summed E-state index contributed by atoms with van der Waals surface area (Å²) in [5.41, 5.74) is 0.242. The van der Waals surface area contributed by atoms with Gasteiger partial charge in [0.2, 0.25) is 5.91 Å². The SMILES string of the molecule is CC1CC(NC(=O)/C=C/C(=O)O)CC(C)(C)C1. The first kappa shape index (κ1) is 13.7. The summed E-state index contributed by atoms with van der Waals surface area (Å²) in [6, 6.07) is 0.152. The number of carbonyl (C=O) groups is 2. The minimum atomic E-state index is -1.10. The third-order valence-corrected chi connectivity index (χ3v) is 3.11. The maximum absolute atomic E-state index is 11.5. The highest BCUT2D eigenvalue weighted by molar-refractivity contribution is 5.93. The Morgan fingerprint density at radius 1 is 1.29 bits per heavy atom. The van der Waals surface area contributed by atoms with Crippen LogP contribution in [0.1, 0.15) is 40.0 Å². The van der Waals surface area contributed by atoms with Crippen LogP contribution in [0.4, 0.5) is 0 Å². The summed E-state index contributed by atoms with van der Waals surface area (Å²) >= 11 is 0. The van der Waals surface area contributed by atoms with E-state index in [0.717, 1.165) is 25.0 Å². The van der Waals surface area contributed by atoms with Gasteiger partial charge in [0.1, 0.15) is 0 Å². The number of carboxylic acids is 1. The lowest BCUT2D eigenvalue weighted by atomic mass is 9.70. The predicted molar refractivity (Wildman–Crippen MR) is 65.5 cm³/mol. The fraction of sp³-hybridized carbons (Fsp3) is 0.692. The molecule has 1 amide bonds. The van der Waals surface area contributed by atoms with Gasteiger partial charge in [0.25, 0.3) is 0 Å². The van der Waals surface area contributed by atoms with Crippen molar-refractivity contribution in [2.45, 2.75) is 46.1 Å². The van der Waals surface area contributed by atoms with Gasteiger partial charge in [-0.25, -0.2) is 4.79 Å². The Morgan fingerprint density at radius 3 is 2.47 bits per heavy atom. The molecule has 2 N–H and O–H groups in total. The van der Waals surface area contributed by atoms with Gasteiger partial charge in [0.05, 0.1) is 0 Å². The zero-order valence-electron chi connectivity index (χ0n) is 10.7. The van der Waals surface area contributed by atoms with Crippen molar-refractivity contribution in [2.24, 2.45) is 11.3 Å². The second kappa shape index (κ2) is 5.34. The highest BCUT2D eigenvalue weighted by Gasteiger charge is 2.32. The first-order chi connectivity index (χ1) is 7.78. The van der Waals surface area contributed by atoms with Crippen LogP contribution in [-0.4, -0.2) is 23.0 Å². The average molecular weight is 239 g/mol. The molecule has 0 spiro atoms. The van der Waals surface area contributed by atoms with Gasteiger partial charge in [-0.3, -0.25) is 4.79 Å². The molecule has 0 heterocycles. The van der Waals surface area contributed by atoms with E-state index in [0.29, 0.717) is 5.92 Å². The third kappa shape index (κ3) is 5.02. The number of hydrogen-bond acceptors (Lipinski definition) is 2. The summed E-state index contributed by atoms with van der Waals surface area (Å²) in [5.74, 6) is -0.827. The number of carbonyl (C=O) groups excluding carboxylic acids is 1. The Labute approximate surface area is 102 Å². The summed E-state index contributed by atoms with van der Waals surface area (Å²) in [6.07, 6.45) is 5.03. The Kier molecular flexibility index (Phi) is 4.32. The topological polar surface area (TPSA) is 66.4 Å². The van der Waals surface area contributed by atoms with Crippen LogP contribution in [0.2, 0.25) is 0 Å². The van der Waals surface area contributed by atoms with E-state index in [2.05, 4.69) is 26.1 Å². The van der Waals surface area contributed by atoms with Crippen molar-refractivity contribution < 1.29 is 14.7 Å². The van der Waals surface area contributed by atoms with Crippen molar-refractivity contribution in [3.8, 4) is 0 Å². The molecule has 0 aromatic carbocycles. The lowest BCUT2D eigenvalue weighted by molar-refractivity contribution is -0.131. The van der Waals surface area contributed by atoms with E-state index >= 15 is 0 Å². The maximum Gasteiger partial charge on any atom is 0.328 e. The molecular formula is C13H21NO3. The molecule has 1 fully saturated rings. The Balaban J connectivity index is 2.51. The molecule has 2 atom stereocenters. The molecule has 1 aliphatic carbocycles. The van der Waals surface area contributed by atoms with E-state index in [1.54, 1.807) is 0 Å². The van der Waals surface area contributed by atoms with Crippen LogP contribution in [-0.2, 0) is 9.59 Å². The quantitative estimate of drug-likeness (QED) is 0.740. The van der Waals surface area contributed by atoms with Crippen LogP contribution in [0.15, 0.2) is 12.2 Å². The summed E-state index contributed by atoms with van der Waals surface area (Å²) in [5, 5.41) is 11.3. The normalized spacial score (nSPS) is 27.9. The zero-order valence-corrected chi connectivity index (χ0v) is 10.7. The third-order valence-electron chi connectivity index (χ3n) is 3.11. The summed E-state index contributed by atoms with van der Waals surface area (Å²) in [7, 11) is 0. The van der Waals surface area contributed by atoms with Crippen LogP contribution in [0.25, 0.3) is 0 Å². The maximum atomic E-state index is 11.5. The van der Waals surface area contributed by atoms with Crippen LogP contribution < -0.4 is 5.32 Å². The summed E-state index contributed by atoms with van der Waals surface area (Å²) < 4.78 is 0. The summed E-state index contributed by atoms with van der Waals surface area (Å²) in [6.45, 7) is 6.59. The lowest BCUT2D eigenvalue weighted by Gasteiger charge is -2.39. The standard InChI is InChI=1S/C13H21NO3/c1-9-6-10(8-13(2,3)7-9)14-11(15)4-5-12(16)17/h4-5,9-10H,6-8H2,1-3H3,(H,14,15)(H,16,17)/b5-4+. The molecule has 0 bridgehead atoms. The molecule has 1 aliphatic rings. The predicted octanol–water partition coefficient (Wildman–Crippen LogP) is 1.96. The van der Waals surface area contributed by atoms with Crippen molar-refractivity contribution in [1.82, 2.24) is 5.32 Å². The van der Waals surface area contributed by atoms with Gasteiger partial charge in [-0.1, -0.05) is 20.8 Å². The van der Waals surface area contributed by atoms with E-state index in [1.165, 1.54) is 6.42 Å². The number of hydrogen-bond donors (Lipinski definition) is 2. The highest BCUT2D eigenvalue weighted by Crippen LogP contribution is 2.38. The van der Waals surface area contributed by atoms with Crippen molar-refractivity contribution >= 4 is 11.9 Å². The fourth-order valence-corrected chi connectivity index (χ4v) is 2.85. The van der Waals surface area contributed by atoms with Crippen molar-refractivity contribution in [2.75, 3.05) is 0 Å². The van der Waals surface area contributed by atoms with E-state index < -0.39 is 5.97 Å². The second-order valence-corrected chi connectivity index (χ2v) is 5.79. The number of carboxylic acid groups (broad SMARTS) is 1. The van der Waals surface area contributed by atoms with Crippen LogP contribution >= 0.6 is 0 Å². The first-order valence-electron chi connectivity index (χ1n) is 6.00. The number of aliphatic carboxylic acids is 1. The highest BCUT2D eigenvalue weighted by atomic mass is 16.4. The molecule has 96 valence electrons. The van der Waals surface area contributed by atoms with Crippen LogP contribution in [0, 0.1) is 11.3 Å². The first-order valence-corrected chi connectivity index (χ1v) is 6.00. The Hall–Kier alpha value is -1.32. The van der Waals surface area contributed by atoms with Crippen molar-refractivity contribution in [3.63, 3.8) is 0 Å². The molecule has 1 rings (SSSR count). The smallest absolute Gasteiger partial charge is 0.328 e. The molecule has 4 nitrogen and oxygen atoms in total. The molecule has 17 heavy (non-hydrogen) atoms. The minimum absolute atomic E-state index is 0.152. The molecule has 0 aromatic rings. The second-order valence-electron chi connectivity index (χ2n) is 5.79. The Bertz CT molecular complexity index is 334. The van der Waals surface area contributed by atoms with E-state index in [-0.39, 0.29) is 17.4 Å². The Morgan fingerprint density at radius 2 is 1.94 bits per heavy atom. The van der Waals surface area contributed by atoms with Gasteiger partial charge >= 0.3 is 5.97 Å². The van der Waals surface area contributed by atoms with E-state index in [4.69, 9.17) is 5.11 Å². The number of nitrogens with one attached hydrogen (secondary N) is 1. The number of rotatable bonds is 3. The lowest BCUT2D eigenvalue weighted by Crippen LogP contribution is -2.42. The van der Waals surface area contributed by atoms with Gasteiger partial charge in [-0.2, -0.15) is 0 Å². The van der Waals surface area contributed by atoms with E-state index in [1.807, 2.05) is 0 Å².